The van der Waals surface area contributed by atoms with Gasteiger partial charge < -0.3 is 16.0 Å². The third-order valence-electron chi connectivity index (χ3n) is 3.23. The van der Waals surface area contributed by atoms with Crippen molar-refractivity contribution >= 4 is 11.8 Å². The number of para-hydroxylation sites is 1. The molecule has 7 heteroatoms. The van der Waals surface area contributed by atoms with Crippen LogP contribution in [0, 0.1) is 0 Å². The lowest BCUT2D eigenvalue weighted by Gasteiger charge is -2.15. The third kappa shape index (κ3) is 3.32. The number of nitrogens with two attached hydrogens (primary N) is 1. The van der Waals surface area contributed by atoms with Crippen molar-refractivity contribution in [2.45, 2.75) is 0 Å². The SMILES string of the molecule is CNCCN(C)C(=O)c1cc(C(N)=O)n(-c2ccccc2)n1. The van der Waals surface area contributed by atoms with Gasteiger partial charge in [0.05, 0.1) is 5.69 Å². The predicted octanol–water partition coefficient (Wildman–Crippen LogP) is 0.263. The molecule has 0 aliphatic rings. The van der Waals surface area contributed by atoms with Crippen molar-refractivity contribution < 1.29 is 9.59 Å². The Hall–Kier alpha value is -2.67. The average Bonchev–Trinajstić information content (AvgIpc) is 2.98. The van der Waals surface area contributed by atoms with Gasteiger partial charge in [0.1, 0.15) is 5.69 Å². The summed E-state index contributed by atoms with van der Waals surface area (Å²) in [5.74, 6) is -0.888. The second-order valence-corrected chi connectivity index (χ2v) is 4.86. The molecule has 0 bridgehead atoms. The fourth-order valence-electron chi connectivity index (χ4n) is 2.00. The second kappa shape index (κ2) is 6.86. The first-order valence-electron chi connectivity index (χ1n) is 6.90. The number of carbonyl (C=O) groups excluding carboxylic acids is 2. The normalized spacial score (nSPS) is 10.5. The largest absolute Gasteiger partial charge is 0.364 e. The van der Waals surface area contributed by atoms with E-state index in [4.69, 9.17) is 5.73 Å². The Morgan fingerprint density at radius 2 is 2.00 bits per heavy atom. The van der Waals surface area contributed by atoms with Gasteiger partial charge in [0.2, 0.25) is 0 Å². The summed E-state index contributed by atoms with van der Waals surface area (Å²) in [6, 6.07) is 10.5. The number of hydrogen-bond acceptors (Lipinski definition) is 4. The van der Waals surface area contributed by atoms with Crippen molar-refractivity contribution in [1.82, 2.24) is 20.0 Å². The van der Waals surface area contributed by atoms with E-state index in [2.05, 4.69) is 10.4 Å². The van der Waals surface area contributed by atoms with E-state index >= 15 is 0 Å². The molecular formula is C15H19N5O2. The van der Waals surface area contributed by atoms with E-state index in [1.165, 1.54) is 10.7 Å². The van der Waals surface area contributed by atoms with Gasteiger partial charge in [-0.25, -0.2) is 4.68 Å². The van der Waals surface area contributed by atoms with E-state index in [-0.39, 0.29) is 17.3 Å². The lowest BCUT2D eigenvalue weighted by Crippen LogP contribution is -2.33. The molecule has 0 spiro atoms. The van der Waals surface area contributed by atoms with Gasteiger partial charge in [-0.1, -0.05) is 18.2 Å². The minimum atomic E-state index is -0.631. The Kier molecular flexibility index (Phi) is 4.90. The zero-order valence-corrected chi connectivity index (χ0v) is 12.6. The Balaban J connectivity index is 2.35. The quantitative estimate of drug-likeness (QED) is 0.800. The molecule has 0 aliphatic carbocycles. The lowest BCUT2D eigenvalue weighted by molar-refractivity contribution is 0.0790. The molecule has 2 rings (SSSR count). The number of likely N-dealkylation sites (N-methyl/N-ethyl adjacent to an activating group) is 2. The fourth-order valence-corrected chi connectivity index (χ4v) is 2.00. The molecule has 7 nitrogen and oxygen atoms in total. The minimum Gasteiger partial charge on any atom is -0.364 e. The number of benzene rings is 1. The Bertz CT molecular complexity index is 666. The Morgan fingerprint density at radius 1 is 1.32 bits per heavy atom. The van der Waals surface area contributed by atoms with Gasteiger partial charge in [-0.3, -0.25) is 9.59 Å². The molecule has 2 amide bonds. The summed E-state index contributed by atoms with van der Waals surface area (Å²) in [4.78, 5) is 25.5. The molecule has 1 heterocycles. The molecular weight excluding hydrogens is 282 g/mol. The number of primary amides is 1. The zero-order chi connectivity index (χ0) is 16.1. The van der Waals surface area contributed by atoms with E-state index in [1.807, 2.05) is 25.2 Å². The first-order valence-corrected chi connectivity index (χ1v) is 6.90. The van der Waals surface area contributed by atoms with Crippen LogP contribution in [-0.2, 0) is 0 Å². The highest BCUT2D eigenvalue weighted by Gasteiger charge is 2.20. The van der Waals surface area contributed by atoms with Crippen molar-refractivity contribution in [1.29, 1.82) is 0 Å². The molecule has 0 fully saturated rings. The molecule has 0 unspecified atom stereocenters. The molecule has 2 aromatic rings. The molecule has 0 saturated carbocycles. The Morgan fingerprint density at radius 3 is 2.59 bits per heavy atom. The maximum atomic E-state index is 12.3. The zero-order valence-electron chi connectivity index (χ0n) is 12.6. The van der Waals surface area contributed by atoms with Gasteiger partial charge in [0, 0.05) is 26.2 Å². The minimum absolute atomic E-state index is 0.177. The summed E-state index contributed by atoms with van der Waals surface area (Å²) < 4.78 is 1.39. The summed E-state index contributed by atoms with van der Waals surface area (Å²) in [7, 11) is 3.50. The van der Waals surface area contributed by atoms with Gasteiger partial charge in [0.15, 0.2) is 5.69 Å². The predicted molar refractivity (Wildman–Crippen MR) is 83.0 cm³/mol. The van der Waals surface area contributed by atoms with Crippen LogP contribution in [0.15, 0.2) is 36.4 Å². The van der Waals surface area contributed by atoms with Crippen LogP contribution in [0.1, 0.15) is 21.0 Å². The molecule has 22 heavy (non-hydrogen) atoms. The summed E-state index contributed by atoms with van der Waals surface area (Å²) >= 11 is 0. The molecule has 0 aliphatic heterocycles. The van der Waals surface area contributed by atoms with E-state index < -0.39 is 5.91 Å². The number of nitrogens with zero attached hydrogens (tertiary/aromatic N) is 3. The monoisotopic (exact) mass is 301 g/mol. The second-order valence-electron chi connectivity index (χ2n) is 4.86. The van der Waals surface area contributed by atoms with E-state index in [9.17, 15) is 9.59 Å². The summed E-state index contributed by atoms with van der Waals surface area (Å²) in [5, 5.41) is 7.21. The van der Waals surface area contributed by atoms with Crippen molar-refractivity contribution in [3.05, 3.63) is 47.8 Å². The molecule has 0 radical (unpaired) electrons. The van der Waals surface area contributed by atoms with Gasteiger partial charge in [-0.15, -0.1) is 0 Å². The first kappa shape index (κ1) is 15.7. The van der Waals surface area contributed by atoms with Gasteiger partial charge in [-0.2, -0.15) is 5.10 Å². The van der Waals surface area contributed by atoms with Crippen LogP contribution in [0.2, 0.25) is 0 Å². The van der Waals surface area contributed by atoms with Crippen LogP contribution in [0.25, 0.3) is 5.69 Å². The molecule has 1 aromatic heterocycles. The Labute approximate surface area is 128 Å². The molecule has 116 valence electrons. The number of nitrogens with one attached hydrogen (secondary N) is 1. The van der Waals surface area contributed by atoms with Gasteiger partial charge in [0.25, 0.3) is 11.8 Å². The average molecular weight is 301 g/mol. The van der Waals surface area contributed by atoms with Gasteiger partial charge >= 0.3 is 0 Å². The summed E-state index contributed by atoms with van der Waals surface area (Å²) in [6.07, 6.45) is 0. The topological polar surface area (TPSA) is 93.3 Å². The first-order chi connectivity index (χ1) is 10.5. The van der Waals surface area contributed by atoms with Crippen molar-refractivity contribution in [2.24, 2.45) is 5.73 Å². The van der Waals surface area contributed by atoms with Crippen LogP contribution in [-0.4, -0.2) is 53.7 Å². The molecule has 1 aromatic carbocycles. The van der Waals surface area contributed by atoms with E-state index in [1.54, 1.807) is 24.1 Å². The molecule has 3 N–H and O–H groups in total. The van der Waals surface area contributed by atoms with Crippen LogP contribution in [0.4, 0.5) is 0 Å². The smallest absolute Gasteiger partial charge is 0.274 e. The van der Waals surface area contributed by atoms with Crippen LogP contribution in [0.3, 0.4) is 0 Å². The van der Waals surface area contributed by atoms with Gasteiger partial charge in [-0.05, 0) is 19.2 Å². The number of carbonyl (C=O) groups is 2. The maximum Gasteiger partial charge on any atom is 0.274 e. The van der Waals surface area contributed by atoms with Crippen molar-refractivity contribution in [3.63, 3.8) is 0 Å². The summed E-state index contributed by atoms with van der Waals surface area (Å²) in [6.45, 7) is 1.21. The van der Waals surface area contributed by atoms with E-state index in [0.717, 1.165) is 0 Å². The maximum absolute atomic E-state index is 12.3. The molecule has 0 saturated heterocycles. The standard InChI is InChI=1S/C15H19N5O2/c1-17-8-9-19(2)15(22)12-10-13(14(16)21)20(18-12)11-6-4-3-5-7-11/h3-7,10,17H,8-9H2,1-2H3,(H2,16,21). The van der Waals surface area contributed by atoms with Crippen molar-refractivity contribution in [2.75, 3.05) is 27.2 Å². The third-order valence-corrected chi connectivity index (χ3v) is 3.23. The highest BCUT2D eigenvalue weighted by molar-refractivity contribution is 5.97. The summed E-state index contributed by atoms with van der Waals surface area (Å²) in [5.41, 5.74) is 6.43. The van der Waals surface area contributed by atoms with E-state index in [0.29, 0.717) is 18.8 Å². The fraction of sp³-hybridized carbons (Fsp3) is 0.267. The van der Waals surface area contributed by atoms with Crippen LogP contribution < -0.4 is 11.1 Å². The van der Waals surface area contributed by atoms with Crippen molar-refractivity contribution in [3.8, 4) is 5.69 Å². The highest BCUT2D eigenvalue weighted by Crippen LogP contribution is 2.13. The molecule has 0 atom stereocenters. The number of hydrogen-bond donors (Lipinski definition) is 2. The van der Waals surface area contributed by atoms with Crippen LogP contribution >= 0.6 is 0 Å². The van der Waals surface area contributed by atoms with Crippen LogP contribution in [0.5, 0.6) is 0 Å². The number of amides is 2. The lowest BCUT2D eigenvalue weighted by atomic mass is 10.3. The number of aromatic nitrogens is 2. The number of rotatable bonds is 6. The highest BCUT2D eigenvalue weighted by atomic mass is 16.2.